The SMILES string of the molecule is COc1cc(CCl)ccc1OCC1COc2ccccc21. The summed E-state index contributed by atoms with van der Waals surface area (Å²) in [5.74, 6) is 3.10. The van der Waals surface area contributed by atoms with Gasteiger partial charge in [0, 0.05) is 11.4 Å². The molecule has 1 aliphatic rings. The molecular weight excluding hydrogens is 288 g/mol. The maximum absolute atomic E-state index is 5.92. The second kappa shape index (κ2) is 6.27. The Morgan fingerprint density at radius 1 is 1.19 bits per heavy atom. The molecule has 0 spiro atoms. The molecule has 1 atom stereocenters. The summed E-state index contributed by atoms with van der Waals surface area (Å²) in [4.78, 5) is 0. The number of para-hydroxylation sites is 1. The molecule has 0 aliphatic carbocycles. The Morgan fingerprint density at radius 3 is 2.86 bits per heavy atom. The molecule has 0 fully saturated rings. The molecular formula is C17H17ClO3. The predicted molar refractivity (Wildman–Crippen MR) is 82.7 cm³/mol. The van der Waals surface area contributed by atoms with E-state index in [4.69, 9.17) is 25.8 Å². The summed E-state index contributed by atoms with van der Waals surface area (Å²) in [6.07, 6.45) is 0. The lowest BCUT2D eigenvalue weighted by molar-refractivity contribution is 0.240. The molecule has 4 heteroatoms. The average molecular weight is 305 g/mol. The quantitative estimate of drug-likeness (QED) is 0.782. The van der Waals surface area contributed by atoms with Crippen LogP contribution < -0.4 is 14.2 Å². The fourth-order valence-corrected chi connectivity index (χ4v) is 2.64. The van der Waals surface area contributed by atoms with Crippen molar-refractivity contribution in [1.82, 2.24) is 0 Å². The number of alkyl halides is 1. The number of methoxy groups -OCH3 is 1. The van der Waals surface area contributed by atoms with Crippen LogP contribution in [-0.2, 0) is 5.88 Å². The molecule has 0 amide bonds. The van der Waals surface area contributed by atoms with Gasteiger partial charge < -0.3 is 14.2 Å². The highest BCUT2D eigenvalue weighted by molar-refractivity contribution is 6.17. The molecule has 0 saturated heterocycles. The van der Waals surface area contributed by atoms with E-state index in [1.165, 1.54) is 5.56 Å². The van der Waals surface area contributed by atoms with E-state index in [1.54, 1.807) is 7.11 Å². The third kappa shape index (κ3) is 2.93. The Labute approximate surface area is 129 Å². The largest absolute Gasteiger partial charge is 0.493 e. The van der Waals surface area contributed by atoms with E-state index >= 15 is 0 Å². The van der Waals surface area contributed by atoms with Gasteiger partial charge in [-0.1, -0.05) is 24.3 Å². The van der Waals surface area contributed by atoms with Crippen molar-refractivity contribution in [2.24, 2.45) is 0 Å². The molecule has 0 bridgehead atoms. The Bertz CT molecular complexity index is 627. The summed E-state index contributed by atoms with van der Waals surface area (Å²) < 4.78 is 16.9. The monoisotopic (exact) mass is 304 g/mol. The van der Waals surface area contributed by atoms with Gasteiger partial charge in [0.25, 0.3) is 0 Å². The zero-order chi connectivity index (χ0) is 14.7. The van der Waals surface area contributed by atoms with Crippen molar-refractivity contribution in [2.75, 3.05) is 20.3 Å². The highest BCUT2D eigenvalue weighted by Crippen LogP contribution is 2.35. The van der Waals surface area contributed by atoms with Crippen LogP contribution >= 0.6 is 11.6 Å². The van der Waals surface area contributed by atoms with Crippen molar-refractivity contribution in [1.29, 1.82) is 0 Å². The zero-order valence-corrected chi connectivity index (χ0v) is 12.6. The Hall–Kier alpha value is -1.87. The summed E-state index contributed by atoms with van der Waals surface area (Å²) in [6, 6.07) is 13.8. The van der Waals surface area contributed by atoms with Gasteiger partial charge in [0.1, 0.15) is 5.75 Å². The van der Waals surface area contributed by atoms with E-state index in [9.17, 15) is 0 Å². The first kappa shape index (κ1) is 14.1. The lowest BCUT2D eigenvalue weighted by atomic mass is 10.0. The fraction of sp³-hybridized carbons (Fsp3) is 0.294. The van der Waals surface area contributed by atoms with Crippen molar-refractivity contribution >= 4 is 11.6 Å². The van der Waals surface area contributed by atoms with Crippen molar-refractivity contribution in [3.05, 3.63) is 53.6 Å². The van der Waals surface area contributed by atoms with Gasteiger partial charge in [0.2, 0.25) is 0 Å². The number of rotatable bonds is 5. The number of halogens is 1. The van der Waals surface area contributed by atoms with Crippen LogP contribution in [-0.4, -0.2) is 20.3 Å². The van der Waals surface area contributed by atoms with Gasteiger partial charge in [-0.2, -0.15) is 0 Å². The smallest absolute Gasteiger partial charge is 0.161 e. The summed E-state index contributed by atoms with van der Waals surface area (Å²) in [5.41, 5.74) is 2.21. The highest BCUT2D eigenvalue weighted by atomic mass is 35.5. The van der Waals surface area contributed by atoms with E-state index in [-0.39, 0.29) is 5.92 Å². The summed E-state index contributed by atoms with van der Waals surface area (Å²) in [7, 11) is 1.63. The number of fused-ring (bicyclic) bond motifs is 1. The van der Waals surface area contributed by atoms with Crippen LogP contribution in [0.1, 0.15) is 17.0 Å². The number of hydrogen-bond acceptors (Lipinski definition) is 3. The Balaban J connectivity index is 1.71. The van der Waals surface area contributed by atoms with Crippen molar-refractivity contribution in [2.45, 2.75) is 11.8 Å². The molecule has 2 aromatic rings. The lowest BCUT2D eigenvalue weighted by Crippen LogP contribution is -2.12. The summed E-state index contributed by atoms with van der Waals surface area (Å²) >= 11 is 5.83. The molecule has 1 unspecified atom stereocenters. The van der Waals surface area contributed by atoms with Gasteiger partial charge in [-0.05, 0) is 23.8 Å². The molecule has 0 saturated carbocycles. The first-order valence-corrected chi connectivity index (χ1v) is 7.42. The Kier molecular flexibility index (Phi) is 4.20. The van der Waals surface area contributed by atoms with Gasteiger partial charge in [-0.25, -0.2) is 0 Å². The van der Waals surface area contributed by atoms with E-state index in [0.29, 0.717) is 24.8 Å². The molecule has 2 aromatic carbocycles. The van der Waals surface area contributed by atoms with Crippen molar-refractivity contribution < 1.29 is 14.2 Å². The second-order valence-corrected chi connectivity index (χ2v) is 5.24. The molecule has 3 rings (SSSR count). The van der Waals surface area contributed by atoms with Crippen LogP contribution in [0.5, 0.6) is 17.2 Å². The normalized spacial score (nSPS) is 16.2. The predicted octanol–water partition coefficient (Wildman–Crippen LogP) is 3.99. The highest BCUT2D eigenvalue weighted by Gasteiger charge is 2.24. The van der Waals surface area contributed by atoms with Crippen LogP contribution in [0.15, 0.2) is 42.5 Å². The molecule has 21 heavy (non-hydrogen) atoms. The summed E-state index contributed by atoms with van der Waals surface area (Å²) in [6.45, 7) is 1.22. The standard InChI is InChI=1S/C17H17ClO3/c1-19-17-8-12(9-18)6-7-16(17)21-11-13-10-20-15-5-3-2-4-14(13)15/h2-8,13H,9-11H2,1H3. The average Bonchev–Trinajstić information content (AvgIpc) is 2.96. The van der Waals surface area contributed by atoms with Crippen LogP contribution in [0.2, 0.25) is 0 Å². The molecule has 110 valence electrons. The third-order valence-electron chi connectivity index (χ3n) is 3.62. The van der Waals surface area contributed by atoms with E-state index in [0.717, 1.165) is 17.1 Å². The minimum Gasteiger partial charge on any atom is -0.493 e. The third-order valence-corrected chi connectivity index (χ3v) is 3.93. The number of benzene rings is 2. The minimum atomic E-state index is 0.249. The molecule has 0 radical (unpaired) electrons. The molecule has 0 aromatic heterocycles. The van der Waals surface area contributed by atoms with Crippen LogP contribution in [0, 0.1) is 0 Å². The van der Waals surface area contributed by atoms with Crippen LogP contribution in [0.3, 0.4) is 0 Å². The van der Waals surface area contributed by atoms with Gasteiger partial charge in [-0.3, -0.25) is 0 Å². The van der Waals surface area contributed by atoms with Crippen molar-refractivity contribution in [3.63, 3.8) is 0 Å². The van der Waals surface area contributed by atoms with E-state index in [2.05, 4.69) is 6.07 Å². The molecule has 1 heterocycles. The van der Waals surface area contributed by atoms with E-state index in [1.807, 2.05) is 36.4 Å². The summed E-state index contributed by atoms with van der Waals surface area (Å²) in [5, 5.41) is 0. The van der Waals surface area contributed by atoms with Gasteiger partial charge >= 0.3 is 0 Å². The maximum Gasteiger partial charge on any atom is 0.161 e. The topological polar surface area (TPSA) is 27.7 Å². The number of ether oxygens (including phenoxy) is 3. The number of hydrogen-bond donors (Lipinski definition) is 0. The lowest BCUT2D eigenvalue weighted by Gasteiger charge is -2.14. The molecule has 3 nitrogen and oxygen atoms in total. The molecule has 1 aliphatic heterocycles. The Morgan fingerprint density at radius 2 is 2.05 bits per heavy atom. The van der Waals surface area contributed by atoms with E-state index < -0.39 is 0 Å². The first-order chi connectivity index (χ1) is 10.3. The minimum absolute atomic E-state index is 0.249. The fourth-order valence-electron chi connectivity index (χ4n) is 2.47. The van der Waals surface area contributed by atoms with Crippen LogP contribution in [0.4, 0.5) is 0 Å². The first-order valence-electron chi connectivity index (χ1n) is 6.89. The van der Waals surface area contributed by atoms with Gasteiger partial charge in [-0.15, -0.1) is 11.6 Å². The van der Waals surface area contributed by atoms with Crippen LogP contribution in [0.25, 0.3) is 0 Å². The zero-order valence-electron chi connectivity index (χ0n) is 11.8. The van der Waals surface area contributed by atoms with Gasteiger partial charge in [0.15, 0.2) is 11.5 Å². The maximum atomic E-state index is 5.92. The van der Waals surface area contributed by atoms with Crippen molar-refractivity contribution in [3.8, 4) is 17.2 Å². The van der Waals surface area contributed by atoms with Gasteiger partial charge in [0.05, 0.1) is 26.2 Å². The molecule has 0 N–H and O–H groups in total. The second-order valence-electron chi connectivity index (χ2n) is 4.98.